The van der Waals surface area contributed by atoms with Gasteiger partial charge in [0.1, 0.15) is 46.6 Å². The van der Waals surface area contributed by atoms with Crippen molar-refractivity contribution in [2.45, 2.75) is 166 Å². The molecule has 370 valence electrons. The Morgan fingerprint density at radius 3 is 1.34 bits per heavy atom. The number of hydrogen-bond acceptors (Lipinski definition) is 9. The summed E-state index contributed by atoms with van der Waals surface area (Å²) in [6.07, 6.45) is 34.6. The van der Waals surface area contributed by atoms with Gasteiger partial charge in [-0.2, -0.15) is 0 Å². The molecule has 0 amide bonds. The molecule has 8 rings (SSSR count). The number of aromatic nitrogens is 16. The van der Waals surface area contributed by atoms with E-state index in [4.69, 9.17) is 5.73 Å². The second kappa shape index (κ2) is 34.9. The zero-order valence-corrected chi connectivity index (χ0v) is 43.3. The first-order valence-electron chi connectivity index (χ1n) is 23.8. The van der Waals surface area contributed by atoms with E-state index >= 15 is 0 Å². The monoisotopic (exact) mass is 924 g/mol. The summed E-state index contributed by atoms with van der Waals surface area (Å²) in [6, 6.07) is 0. The zero-order valence-electron chi connectivity index (χ0n) is 43.3. The van der Waals surface area contributed by atoms with Crippen molar-refractivity contribution >= 4 is 0 Å². The smallest absolute Gasteiger partial charge is 0.125 e. The zero-order chi connectivity index (χ0) is 49.9. The van der Waals surface area contributed by atoms with Crippen LogP contribution >= 0.6 is 0 Å². The Kier molecular flexibility index (Phi) is 30.6. The van der Waals surface area contributed by atoms with Crippen molar-refractivity contribution in [1.29, 1.82) is 0 Å². The molecule has 0 fully saturated rings. The van der Waals surface area contributed by atoms with Gasteiger partial charge in [0.05, 0.1) is 11.2 Å². The fraction of sp³-hybridized carbons (Fsp3) is 0.520. The van der Waals surface area contributed by atoms with Gasteiger partial charge in [0.15, 0.2) is 0 Å². The van der Waals surface area contributed by atoms with Gasteiger partial charge in [-0.05, 0) is 53.9 Å². The van der Waals surface area contributed by atoms with E-state index < -0.39 is 0 Å². The van der Waals surface area contributed by atoms with Gasteiger partial charge in [-0.3, -0.25) is 0 Å². The van der Waals surface area contributed by atoms with Crippen LogP contribution in [0.15, 0.2) is 80.6 Å². The van der Waals surface area contributed by atoms with Crippen LogP contribution in [-0.4, -0.2) is 79.3 Å². The molecule has 8 heterocycles. The number of nitrogens with two attached hydrogens (primary N) is 1. The van der Waals surface area contributed by atoms with E-state index in [1.54, 1.807) is 37.2 Å². The average Bonchev–Trinajstić information content (AvgIpc) is 4.16. The number of rotatable bonds is 12. The number of imidazole rings is 8. The molecule has 67 heavy (non-hydrogen) atoms. The van der Waals surface area contributed by atoms with Crippen molar-refractivity contribution in [2.75, 3.05) is 0 Å². The minimum Gasteiger partial charge on any atom is -0.349 e. The Balaban J connectivity index is 0.000000383. The minimum atomic E-state index is -0.344. The van der Waals surface area contributed by atoms with Crippen LogP contribution in [0.4, 0.5) is 0 Å². The third-order valence-corrected chi connectivity index (χ3v) is 9.42. The van der Waals surface area contributed by atoms with Crippen LogP contribution < -0.4 is 5.73 Å². The number of H-pyrrole nitrogens is 7. The number of unbranched alkanes of at least 4 members (excludes halogenated alkanes) is 1. The molecule has 0 aliphatic carbocycles. The molecule has 0 spiro atoms. The van der Waals surface area contributed by atoms with Crippen LogP contribution in [-0.2, 0) is 51.1 Å². The van der Waals surface area contributed by atoms with Crippen molar-refractivity contribution < 1.29 is 0 Å². The lowest BCUT2D eigenvalue weighted by atomic mass is 10.1. The highest BCUT2D eigenvalue weighted by Crippen LogP contribution is 2.09. The van der Waals surface area contributed by atoms with Gasteiger partial charge in [-0.1, -0.05) is 61.8 Å². The summed E-state index contributed by atoms with van der Waals surface area (Å²) >= 11 is 0. The second-order valence-electron chi connectivity index (χ2n) is 16.4. The molecule has 8 aromatic heterocycles. The van der Waals surface area contributed by atoms with Gasteiger partial charge in [0, 0.05) is 143 Å². The topological polar surface area (TPSA) is 245 Å². The highest BCUT2D eigenvalue weighted by molar-refractivity contribution is 5.10. The van der Waals surface area contributed by atoms with Crippen LogP contribution in [0, 0.1) is 20.8 Å². The lowest BCUT2D eigenvalue weighted by Gasteiger charge is -2.13. The lowest BCUT2D eigenvalue weighted by molar-refractivity contribution is 0.520. The van der Waals surface area contributed by atoms with Crippen LogP contribution in [0.2, 0.25) is 0 Å². The van der Waals surface area contributed by atoms with Gasteiger partial charge in [-0.15, -0.1) is 0 Å². The summed E-state index contributed by atoms with van der Waals surface area (Å²) in [6.45, 7) is 26.8. The van der Waals surface area contributed by atoms with Crippen LogP contribution in [0.25, 0.3) is 0 Å². The fourth-order valence-corrected chi connectivity index (χ4v) is 5.51. The van der Waals surface area contributed by atoms with Gasteiger partial charge >= 0.3 is 0 Å². The molecule has 17 nitrogen and oxygen atoms in total. The standard InChI is InChI=1S/2C7H12N2.C6H11N3.5C6H10N2/c1-4-7-8-5(2)6(3)9-7;1-2-3-4-7-8-5-6-9-7;1-6(2,7)5-8-3-4-9-5;1-5(2)6-7-3-4-8-6;1-3-6-7-4-5-8(6)2;1-3-6-7-4-5(2)8-6;2*1-2-3-6-7-4-5-8-6/h4H2,1-3H3,(H,8,9);5-6H,2-4H2,1H3,(H,8,9);3-4H,7H2,1-2H3,(H,8,9);3-5H,1-2H3,(H,7,8);4-5H,3H2,1-2H3;4H,3H2,1-2H3,(H,7,8);2*4-5H,2-3H2,1H3,(H,7,8). The molecule has 8 aromatic rings. The molecule has 17 heteroatoms. The van der Waals surface area contributed by atoms with Crippen LogP contribution in [0.3, 0.4) is 0 Å². The third-order valence-electron chi connectivity index (χ3n) is 9.42. The summed E-state index contributed by atoms with van der Waals surface area (Å²) in [7, 11) is 2.01. The Bertz CT molecular complexity index is 2160. The molecule has 0 aromatic carbocycles. The maximum Gasteiger partial charge on any atom is 0.125 e. The summed E-state index contributed by atoms with van der Waals surface area (Å²) in [5.41, 5.74) is 8.81. The van der Waals surface area contributed by atoms with Gasteiger partial charge in [0.2, 0.25) is 0 Å². The van der Waals surface area contributed by atoms with E-state index in [9.17, 15) is 0 Å². The number of hydrogen-bond donors (Lipinski definition) is 8. The summed E-state index contributed by atoms with van der Waals surface area (Å²) < 4.78 is 2.03. The van der Waals surface area contributed by atoms with Gasteiger partial charge in [0.25, 0.3) is 0 Å². The number of nitrogens with zero attached hydrogens (tertiary/aromatic N) is 9. The molecule has 0 atom stereocenters. The largest absolute Gasteiger partial charge is 0.349 e. The van der Waals surface area contributed by atoms with E-state index in [1.165, 1.54) is 18.5 Å². The maximum absolute atomic E-state index is 5.71. The van der Waals surface area contributed by atoms with E-state index in [0.717, 1.165) is 109 Å². The SMILES string of the molecule is CC(C)(N)c1ncc[nH]1.CC(C)c1ncc[nH]1.CCCCc1ncc[nH]1.CCCc1ncc[nH]1.CCCc1ncc[nH]1.CCc1nc(C)c(C)[nH]1.CCc1ncc(C)[nH]1.CCc1nccn1C. The quantitative estimate of drug-likeness (QED) is 0.0580. The van der Waals surface area contributed by atoms with E-state index in [0.29, 0.717) is 5.92 Å². The van der Waals surface area contributed by atoms with Crippen LogP contribution in [0.5, 0.6) is 0 Å². The summed E-state index contributed by atoms with van der Waals surface area (Å²) in [4.78, 5) is 54.1. The second-order valence-corrected chi connectivity index (χ2v) is 16.4. The predicted octanol–water partition coefficient (Wildman–Crippen LogP) is 10.5. The molecule has 0 bridgehead atoms. The van der Waals surface area contributed by atoms with Crippen molar-refractivity contribution in [3.63, 3.8) is 0 Å². The van der Waals surface area contributed by atoms with Gasteiger partial charge in [-0.25, -0.2) is 39.9 Å². The molecule has 0 aliphatic rings. The molecule has 0 aliphatic heterocycles. The molecule has 0 saturated carbocycles. The van der Waals surface area contributed by atoms with E-state index in [1.807, 2.05) is 89.6 Å². The van der Waals surface area contributed by atoms with Crippen molar-refractivity contribution in [3.8, 4) is 0 Å². The predicted molar refractivity (Wildman–Crippen MR) is 274 cm³/mol. The Hall–Kier alpha value is -6.36. The third kappa shape index (κ3) is 27.0. The molecule has 0 unspecified atom stereocenters. The molecular weight excluding hydrogens is 839 g/mol. The first-order valence-corrected chi connectivity index (χ1v) is 23.8. The van der Waals surface area contributed by atoms with Crippen molar-refractivity contribution in [1.82, 2.24) is 79.3 Å². The Morgan fingerprint density at radius 1 is 0.567 bits per heavy atom. The summed E-state index contributed by atoms with van der Waals surface area (Å²) in [5, 5.41) is 0. The van der Waals surface area contributed by atoms with E-state index in [-0.39, 0.29) is 5.54 Å². The van der Waals surface area contributed by atoms with Crippen LogP contribution in [0.1, 0.15) is 165 Å². The first kappa shape index (κ1) is 58.7. The number of nitrogens with one attached hydrogen (secondary N) is 7. The summed E-state index contributed by atoms with van der Waals surface area (Å²) in [5.74, 6) is 8.99. The molecule has 0 radical (unpaired) electrons. The minimum absolute atomic E-state index is 0.344. The maximum atomic E-state index is 5.71. The lowest BCUT2D eigenvalue weighted by Crippen LogP contribution is -2.29. The van der Waals surface area contributed by atoms with Gasteiger partial charge < -0.3 is 45.2 Å². The van der Waals surface area contributed by atoms with Crippen molar-refractivity contribution in [3.05, 3.63) is 144 Å². The fourth-order valence-electron chi connectivity index (χ4n) is 5.51. The first-order chi connectivity index (χ1) is 32.1. The normalized spacial score (nSPS) is 10.1. The number of aryl methyl sites for hydroxylation is 10. The molecule has 0 saturated heterocycles. The molecule has 9 N–H and O–H groups in total. The number of aromatic amines is 7. The molecular formula is C50H85N17. The van der Waals surface area contributed by atoms with E-state index in [2.05, 4.69) is 130 Å². The average molecular weight is 924 g/mol. The van der Waals surface area contributed by atoms with Crippen molar-refractivity contribution in [2.24, 2.45) is 12.8 Å². The Labute approximate surface area is 400 Å². The Morgan fingerprint density at radius 2 is 1.09 bits per heavy atom. The highest BCUT2D eigenvalue weighted by Gasteiger charge is 2.15. The highest BCUT2D eigenvalue weighted by atomic mass is 15.0.